The number of anilines is 2. The van der Waals surface area contributed by atoms with Gasteiger partial charge in [0.1, 0.15) is 17.4 Å². The fraction of sp³-hybridized carbons (Fsp3) is 0.516. The van der Waals surface area contributed by atoms with Gasteiger partial charge in [-0.25, -0.2) is 0 Å². The number of fused-ring (bicyclic) bond motifs is 1. The molecule has 41 heavy (non-hydrogen) atoms. The minimum atomic E-state index is -1.11. The summed E-state index contributed by atoms with van der Waals surface area (Å²) < 4.78 is 12.3. The minimum Gasteiger partial charge on any atom is -0.494 e. The number of unbranched alkanes of at least 4 members (excludes halogenated alkanes) is 2. The SMILES string of the molecule is CCOc1ccc(NC(=O)[C@@H]2[C@H]3C(=O)N(CCCCCO)C(C(=O)Nc4ccc(Cl)cc4)C34CC[C@@]2(CC)O4)cc1. The zero-order valence-electron chi connectivity index (χ0n) is 23.5. The Morgan fingerprint density at radius 1 is 1.00 bits per heavy atom. The Bertz CT molecular complexity index is 1270. The molecule has 2 bridgehead atoms. The molecule has 9 nitrogen and oxygen atoms in total. The summed E-state index contributed by atoms with van der Waals surface area (Å²) in [5.74, 6) is -1.67. The number of carbonyl (C=O) groups is 3. The zero-order chi connectivity index (χ0) is 29.2. The maximum Gasteiger partial charge on any atom is 0.250 e. The fourth-order valence-electron chi connectivity index (χ4n) is 6.99. The Kier molecular flexibility index (Phi) is 8.59. The van der Waals surface area contributed by atoms with Crippen molar-refractivity contribution in [2.75, 3.05) is 30.4 Å². The lowest BCUT2D eigenvalue weighted by Crippen LogP contribution is -2.53. The van der Waals surface area contributed by atoms with Crippen molar-refractivity contribution in [3.63, 3.8) is 0 Å². The van der Waals surface area contributed by atoms with Crippen LogP contribution >= 0.6 is 11.6 Å². The third-order valence-corrected chi connectivity index (χ3v) is 9.07. The van der Waals surface area contributed by atoms with Crippen LogP contribution in [0.4, 0.5) is 11.4 Å². The highest BCUT2D eigenvalue weighted by Crippen LogP contribution is 2.64. The number of amides is 3. The van der Waals surface area contributed by atoms with E-state index in [-0.39, 0.29) is 24.3 Å². The number of benzene rings is 2. The standard InChI is InChI=1S/C31H38ClN3O6/c1-3-30-16-17-31(41-30)25(24(30)27(37)33-22-12-14-23(15-13-22)40-4-2)29(39)35(18-6-5-7-19-36)26(31)28(38)34-21-10-8-20(32)9-11-21/h8-15,24-26,36H,3-7,16-19H2,1-2H3,(H,33,37)(H,34,38)/t24-,25-,26?,30+,31?/m0/s1. The van der Waals surface area contributed by atoms with Gasteiger partial charge in [-0.3, -0.25) is 14.4 Å². The highest BCUT2D eigenvalue weighted by atomic mass is 35.5. The summed E-state index contributed by atoms with van der Waals surface area (Å²) in [4.78, 5) is 43.7. The minimum absolute atomic E-state index is 0.0664. The van der Waals surface area contributed by atoms with Crippen molar-refractivity contribution in [3.05, 3.63) is 53.6 Å². The van der Waals surface area contributed by atoms with E-state index in [0.29, 0.717) is 73.8 Å². The maximum absolute atomic E-state index is 14.2. The number of carbonyl (C=O) groups excluding carboxylic acids is 3. The monoisotopic (exact) mass is 583 g/mol. The lowest BCUT2D eigenvalue weighted by Gasteiger charge is -2.34. The second-order valence-corrected chi connectivity index (χ2v) is 11.5. The van der Waals surface area contributed by atoms with Gasteiger partial charge >= 0.3 is 0 Å². The van der Waals surface area contributed by atoms with Gasteiger partial charge in [-0.05, 0) is 94.0 Å². The van der Waals surface area contributed by atoms with Crippen molar-refractivity contribution in [3.8, 4) is 5.75 Å². The second kappa shape index (κ2) is 12.0. The van der Waals surface area contributed by atoms with Crippen LogP contribution in [0.5, 0.6) is 5.75 Å². The summed E-state index contributed by atoms with van der Waals surface area (Å²) >= 11 is 6.03. The van der Waals surface area contributed by atoms with Crippen LogP contribution in [0, 0.1) is 11.8 Å². The Morgan fingerprint density at radius 3 is 2.29 bits per heavy atom. The van der Waals surface area contributed by atoms with Gasteiger partial charge in [-0.1, -0.05) is 18.5 Å². The van der Waals surface area contributed by atoms with Gasteiger partial charge in [0.2, 0.25) is 17.7 Å². The highest BCUT2D eigenvalue weighted by Gasteiger charge is 2.78. The molecule has 3 aliphatic rings. The first kappa shape index (κ1) is 29.4. The molecule has 5 atom stereocenters. The van der Waals surface area contributed by atoms with E-state index >= 15 is 0 Å². The molecule has 3 heterocycles. The van der Waals surface area contributed by atoms with Crippen LogP contribution in [0.1, 0.15) is 52.4 Å². The lowest BCUT2D eigenvalue weighted by molar-refractivity contribution is -0.144. The molecule has 2 aromatic rings. The Balaban J connectivity index is 1.45. The number of hydrogen-bond acceptors (Lipinski definition) is 6. The Labute approximate surface area is 245 Å². The third kappa shape index (κ3) is 5.31. The van der Waals surface area contributed by atoms with E-state index in [4.69, 9.17) is 21.1 Å². The molecule has 3 N–H and O–H groups in total. The van der Waals surface area contributed by atoms with E-state index in [9.17, 15) is 19.5 Å². The molecular weight excluding hydrogens is 546 g/mol. The van der Waals surface area contributed by atoms with E-state index in [1.165, 1.54) is 0 Å². The number of ether oxygens (including phenoxy) is 2. The molecule has 3 amide bonds. The van der Waals surface area contributed by atoms with Crippen LogP contribution in [-0.2, 0) is 19.1 Å². The van der Waals surface area contributed by atoms with E-state index in [1.54, 1.807) is 53.4 Å². The molecule has 5 rings (SSSR count). The van der Waals surface area contributed by atoms with Gasteiger partial charge < -0.3 is 30.1 Å². The fourth-order valence-corrected chi connectivity index (χ4v) is 7.12. The van der Waals surface area contributed by atoms with Crippen molar-refractivity contribution in [2.24, 2.45) is 11.8 Å². The highest BCUT2D eigenvalue weighted by molar-refractivity contribution is 6.30. The van der Waals surface area contributed by atoms with Gasteiger partial charge in [0.05, 0.1) is 24.0 Å². The van der Waals surface area contributed by atoms with Crippen molar-refractivity contribution < 1.29 is 29.0 Å². The molecule has 0 aromatic heterocycles. The largest absolute Gasteiger partial charge is 0.494 e. The van der Waals surface area contributed by atoms with Gasteiger partial charge in [-0.2, -0.15) is 0 Å². The lowest BCUT2D eigenvalue weighted by atomic mass is 9.65. The Morgan fingerprint density at radius 2 is 1.66 bits per heavy atom. The van der Waals surface area contributed by atoms with Crippen LogP contribution in [-0.4, -0.2) is 64.7 Å². The zero-order valence-corrected chi connectivity index (χ0v) is 24.3. The molecule has 3 fully saturated rings. The number of halogens is 1. The molecule has 1 spiro atoms. The summed E-state index contributed by atoms with van der Waals surface area (Å²) in [5.41, 5.74) is -0.780. The van der Waals surface area contributed by atoms with E-state index in [1.807, 2.05) is 13.8 Å². The maximum atomic E-state index is 14.2. The first-order valence-corrected chi connectivity index (χ1v) is 14.9. The van der Waals surface area contributed by atoms with Gasteiger partial charge in [0, 0.05) is 29.5 Å². The van der Waals surface area contributed by atoms with Crippen LogP contribution in [0.25, 0.3) is 0 Å². The predicted octanol–water partition coefficient (Wildman–Crippen LogP) is 4.63. The summed E-state index contributed by atoms with van der Waals surface area (Å²) in [5, 5.41) is 15.8. The molecule has 10 heteroatoms. The van der Waals surface area contributed by atoms with Crippen LogP contribution in [0.3, 0.4) is 0 Å². The topological polar surface area (TPSA) is 117 Å². The summed E-state index contributed by atoms with van der Waals surface area (Å²) in [6, 6.07) is 13.1. The van der Waals surface area contributed by atoms with Gasteiger partial charge in [0.25, 0.3) is 0 Å². The van der Waals surface area contributed by atoms with Crippen LogP contribution in [0.15, 0.2) is 48.5 Å². The normalized spacial score (nSPS) is 28.0. The number of hydrogen-bond donors (Lipinski definition) is 3. The number of rotatable bonds is 12. The van der Waals surface area contributed by atoms with Crippen LogP contribution in [0.2, 0.25) is 5.02 Å². The van der Waals surface area contributed by atoms with E-state index < -0.39 is 29.1 Å². The van der Waals surface area contributed by atoms with Crippen LogP contribution < -0.4 is 15.4 Å². The molecule has 0 radical (unpaired) electrons. The second-order valence-electron chi connectivity index (χ2n) is 11.1. The number of likely N-dealkylation sites (tertiary alicyclic amines) is 1. The number of nitrogens with one attached hydrogen (secondary N) is 2. The molecule has 220 valence electrons. The molecule has 3 saturated heterocycles. The molecule has 2 unspecified atom stereocenters. The van der Waals surface area contributed by atoms with Crippen molar-refractivity contribution >= 4 is 40.7 Å². The third-order valence-electron chi connectivity index (χ3n) is 8.81. The van der Waals surface area contributed by atoms with Gasteiger partial charge in [0.15, 0.2) is 0 Å². The summed E-state index contributed by atoms with van der Waals surface area (Å²) in [6.07, 6.45) is 3.59. The van der Waals surface area contributed by atoms with E-state index in [0.717, 1.165) is 0 Å². The molecule has 3 aliphatic heterocycles. The number of aliphatic hydroxyl groups excluding tert-OH is 1. The molecular formula is C31H38ClN3O6. The first-order chi connectivity index (χ1) is 19.8. The van der Waals surface area contributed by atoms with Crippen molar-refractivity contribution in [2.45, 2.75) is 69.6 Å². The number of nitrogens with zero attached hydrogens (tertiary/aromatic N) is 1. The average molecular weight is 584 g/mol. The van der Waals surface area contributed by atoms with E-state index in [2.05, 4.69) is 10.6 Å². The van der Waals surface area contributed by atoms with Crippen molar-refractivity contribution in [1.29, 1.82) is 0 Å². The first-order valence-electron chi connectivity index (χ1n) is 14.5. The molecule has 0 aliphatic carbocycles. The average Bonchev–Trinajstić information content (AvgIpc) is 3.57. The Hall–Kier alpha value is -3.14. The predicted molar refractivity (Wildman–Crippen MR) is 156 cm³/mol. The smallest absolute Gasteiger partial charge is 0.250 e. The van der Waals surface area contributed by atoms with Crippen molar-refractivity contribution in [1.82, 2.24) is 4.90 Å². The van der Waals surface area contributed by atoms with Gasteiger partial charge in [-0.15, -0.1) is 0 Å². The summed E-state index contributed by atoms with van der Waals surface area (Å²) in [7, 11) is 0. The quantitative estimate of drug-likeness (QED) is 0.314. The number of aliphatic hydroxyl groups is 1. The molecule has 0 saturated carbocycles. The summed E-state index contributed by atoms with van der Waals surface area (Å²) in [6.45, 7) is 4.82. The molecule has 2 aromatic carbocycles.